The highest BCUT2D eigenvalue weighted by Crippen LogP contribution is 2.28. The van der Waals surface area contributed by atoms with Crippen molar-refractivity contribution >= 4 is 0 Å². The summed E-state index contributed by atoms with van der Waals surface area (Å²) in [5.74, 6) is 0. The summed E-state index contributed by atoms with van der Waals surface area (Å²) in [6.45, 7) is 16.9. The second-order valence-electron chi connectivity index (χ2n) is 7.21. The topological polar surface area (TPSA) is 18.5 Å². The fourth-order valence-corrected chi connectivity index (χ4v) is 3.08. The first-order valence-electron chi connectivity index (χ1n) is 8.22. The quantitative estimate of drug-likeness (QED) is 0.763. The Morgan fingerprint density at radius 2 is 1.79 bits per heavy atom. The average molecular weight is 267 g/mol. The van der Waals surface area contributed by atoms with E-state index in [-0.39, 0.29) is 0 Å². The average Bonchev–Trinajstić information content (AvgIpc) is 3.20. The predicted molar refractivity (Wildman–Crippen MR) is 82.6 cm³/mol. The first-order valence-corrected chi connectivity index (χ1v) is 8.22. The fourth-order valence-electron chi connectivity index (χ4n) is 3.08. The number of hydrogen-bond acceptors (Lipinski definition) is 3. The lowest BCUT2D eigenvalue weighted by atomic mass is 9.84. The van der Waals surface area contributed by atoms with Crippen LogP contribution in [0.25, 0.3) is 0 Å². The van der Waals surface area contributed by atoms with Gasteiger partial charge in [-0.3, -0.25) is 4.90 Å². The van der Waals surface area contributed by atoms with E-state index in [9.17, 15) is 0 Å². The molecule has 112 valence electrons. The molecule has 0 aromatic carbocycles. The maximum absolute atomic E-state index is 3.66. The van der Waals surface area contributed by atoms with Crippen LogP contribution in [0.1, 0.15) is 47.0 Å². The number of piperazine rings is 1. The van der Waals surface area contributed by atoms with E-state index in [1.165, 1.54) is 52.0 Å². The zero-order valence-electron chi connectivity index (χ0n) is 13.4. The molecule has 1 aliphatic carbocycles. The van der Waals surface area contributed by atoms with Gasteiger partial charge in [0.05, 0.1) is 0 Å². The normalized spacial score (nSPS) is 24.6. The van der Waals surface area contributed by atoms with E-state index in [1.54, 1.807) is 0 Å². The molecule has 0 spiro atoms. The predicted octanol–water partition coefficient (Wildman–Crippen LogP) is 2.18. The van der Waals surface area contributed by atoms with E-state index in [0.29, 0.717) is 11.5 Å². The molecule has 0 bridgehead atoms. The van der Waals surface area contributed by atoms with E-state index < -0.39 is 0 Å². The highest BCUT2D eigenvalue weighted by atomic mass is 15.3. The van der Waals surface area contributed by atoms with Gasteiger partial charge in [-0.15, -0.1) is 0 Å². The van der Waals surface area contributed by atoms with Gasteiger partial charge in [-0.05, 0) is 38.1 Å². The first-order chi connectivity index (χ1) is 9.03. The fraction of sp³-hybridized carbons (Fsp3) is 1.00. The summed E-state index contributed by atoms with van der Waals surface area (Å²) in [5.41, 5.74) is 0.358. The summed E-state index contributed by atoms with van der Waals surface area (Å²) in [6, 6.07) is 1.54. The molecule has 3 heteroatoms. The minimum absolute atomic E-state index is 0.358. The van der Waals surface area contributed by atoms with Crippen LogP contribution in [0.4, 0.5) is 0 Å². The van der Waals surface area contributed by atoms with Gasteiger partial charge in [0.2, 0.25) is 0 Å². The van der Waals surface area contributed by atoms with Crippen LogP contribution in [0.3, 0.4) is 0 Å². The monoisotopic (exact) mass is 267 g/mol. The molecule has 1 saturated heterocycles. The zero-order valence-corrected chi connectivity index (χ0v) is 13.4. The van der Waals surface area contributed by atoms with Gasteiger partial charge in [0.25, 0.3) is 0 Å². The van der Waals surface area contributed by atoms with E-state index >= 15 is 0 Å². The molecule has 2 fully saturated rings. The highest BCUT2D eigenvalue weighted by Gasteiger charge is 2.33. The Bertz CT molecular complexity index is 265. The van der Waals surface area contributed by atoms with E-state index in [4.69, 9.17) is 0 Å². The van der Waals surface area contributed by atoms with Crippen molar-refractivity contribution in [2.24, 2.45) is 5.41 Å². The highest BCUT2D eigenvalue weighted by molar-refractivity contribution is 4.90. The van der Waals surface area contributed by atoms with Gasteiger partial charge in [0.1, 0.15) is 0 Å². The summed E-state index contributed by atoms with van der Waals surface area (Å²) in [4.78, 5) is 5.37. The molecule has 1 heterocycles. The van der Waals surface area contributed by atoms with Crippen LogP contribution in [0.15, 0.2) is 0 Å². The van der Waals surface area contributed by atoms with Crippen molar-refractivity contribution in [2.45, 2.75) is 59.0 Å². The third-order valence-electron chi connectivity index (χ3n) is 4.97. The SMILES string of the molecule is CCCNC(C)C(C)(C)CN1CCN(C2CC2)CC1. The van der Waals surface area contributed by atoms with Crippen LogP contribution >= 0.6 is 0 Å². The molecule has 0 amide bonds. The Morgan fingerprint density at radius 1 is 1.16 bits per heavy atom. The summed E-state index contributed by atoms with van der Waals surface area (Å²) in [5, 5.41) is 3.66. The molecule has 0 radical (unpaired) electrons. The Hall–Kier alpha value is -0.120. The summed E-state index contributed by atoms with van der Waals surface area (Å²) in [7, 11) is 0. The van der Waals surface area contributed by atoms with Crippen LogP contribution in [-0.4, -0.2) is 61.2 Å². The van der Waals surface area contributed by atoms with Gasteiger partial charge in [0.15, 0.2) is 0 Å². The molecule has 2 rings (SSSR count). The lowest BCUT2D eigenvalue weighted by Crippen LogP contribution is -2.53. The molecule has 1 atom stereocenters. The molecule has 1 unspecified atom stereocenters. The second-order valence-corrected chi connectivity index (χ2v) is 7.21. The van der Waals surface area contributed by atoms with Crippen molar-refractivity contribution < 1.29 is 0 Å². The van der Waals surface area contributed by atoms with Crippen LogP contribution in [0, 0.1) is 5.41 Å². The van der Waals surface area contributed by atoms with Crippen LogP contribution in [-0.2, 0) is 0 Å². The van der Waals surface area contributed by atoms with Crippen LogP contribution < -0.4 is 5.32 Å². The van der Waals surface area contributed by atoms with Crippen molar-refractivity contribution in [1.29, 1.82) is 0 Å². The number of rotatable bonds is 7. The van der Waals surface area contributed by atoms with Gasteiger partial charge in [-0.2, -0.15) is 0 Å². The lowest BCUT2D eigenvalue weighted by molar-refractivity contribution is 0.0798. The van der Waals surface area contributed by atoms with Crippen molar-refractivity contribution in [3.05, 3.63) is 0 Å². The smallest absolute Gasteiger partial charge is 0.0113 e. The molecule has 19 heavy (non-hydrogen) atoms. The molecule has 3 nitrogen and oxygen atoms in total. The van der Waals surface area contributed by atoms with E-state index in [0.717, 1.165) is 12.6 Å². The van der Waals surface area contributed by atoms with Gasteiger partial charge >= 0.3 is 0 Å². The molecule has 1 aliphatic heterocycles. The van der Waals surface area contributed by atoms with Gasteiger partial charge in [0, 0.05) is 44.8 Å². The number of nitrogens with one attached hydrogen (secondary N) is 1. The van der Waals surface area contributed by atoms with Crippen LogP contribution in [0.5, 0.6) is 0 Å². The molecule has 1 saturated carbocycles. The molecule has 2 aliphatic rings. The first kappa shape index (κ1) is 15.3. The van der Waals surface area contributed by atoms with Crippen molar-refractivity contribution in [3.8, 4) is 0 Å². The number of nitrogens with zero attached hydrogens (tertiary/aromatic N) is 2. The molecular weight excluding hydrogens is 234 g/mol. The van der Waals surface area contributed by atoms with Crippen molar-refractivity contribution in [2.75, 3.05) is 39.3 Å². The van der Waals surface area contributed by atoms with E-state index in [2.05, 4.69) is 42.8 Å². The summed E-state index contributed by atoms with van der Waals surface area (Å²) < 4.78 is 0. The maximum atomic E-state index is 3.66. The summed E-state index contributed by atoms with van der Waals surface area (Å²) in [6.07, 6.45) is 4.12. The molecular formula is C16H33N3. The van der Waals surface area contributed by atoms with E-state index in [1.807, 2.05) is 0 Å². The van der Waals surface area contributed by atoms with Gasteiger partial charge < -0.3 is 10.2 Å². The zero-order chi connectivity index (χ0) is 13.9. The Balaban J connectivity index is 1.73. The third kappa shape index (κ3) is 4.44. The maximum Gasteiger partial charge on any atom is 0.0113 e. The lowest BCUT2D eigenvalue weighted by Gasteiger charge is -2.41. The third-order valence-corrected chi connectivity index (χ3v) is 4.97. The summed E-state index contributed by atoms with van der Waals surface area (Å²) >= 11 is 0. The Labute approximate surface area is 119 Å². The minimum Gasteiger partial charge on any atom is -0.314 e. The molecule has 0 aromatic rings. The van der Waals surface area contributed by atoms with Gasteiger partial charge in [-0.25, -0.2) is 0 Å². The van der Waals surface area contributed by atoms with Crippen molar-refractivity contribution in [1.82, 2.24) is 15.1 Å². The van der Waals surface area contributed by atoms with Crippen LogP contribution in [0.2, 0.25) is 0 Å². The minimum atomic E-state index is 0.358. The Kier molecular flexibility index (Phi) is 5.27. The van der Waals surface area contributed by atoms with Crippen molar-refractivity contribution in [3.63, 3.8) is 0 Å². The second kappa shape index (κ2) is 6.55. The standard InChI is InChI=1S/C16H33N3/c1-5-8-17-14(2)16(3,4)13-18-9-11-19(12-10-18)15-6-7-15/h14-15,17H,5-13H2,1-4H3. The molecule has 0 aromatic heterocycles. The molecule has 1 N–H and O–H groups in total. The number of hydrogen-bond donors (Lipinski definition) is 1. The Morgan fingerprint density at radius 3 is 2.32 bits per heavy atom. The largest absolute Gasteiger partial charge is 0.314 e. The van der Waals surface area contributed by atoms with Gasteiger partial charge in [-0.1, -0.05) is 20.8 Å².